The molecular weight excluding hydrogens is 543 g/mol. The largest absolute Gasteiger partial charge is 0.573 e. The predicted molar refractivity (Wildman–Crippen MR) is 139 cm³/mol. The first-order chi connectivity index (χ1) is 19.6. The van der Waals surface area contributed by atoms with E-state index in [-0.39, 0.29) is 31.0 Å². The highest BCUT2D eigenvalue weighted by molar-refractivity contribution is 5.98. The summed E-state index contributed by atoms with van der Waals surface area (Å²) in [6, 6.07) is 18.1. The molecule has 3 heterocycles. The summed E-state index contributed by atoms with van der Waals surface area (Å²) in [5.41, 5.74) is 7.27. The molecule has 0 bridgehead atoms. The SMILES string of the molecule is NC(=O)C1(C(Cc2ccccc2)NC(=O)c2cccnc2-n2ccc(-c3cccc(OC(F)(F)F)c3)n2)OCCO1. The molecule has 2 amide bonds. The second kappa shape index (κ2) is 11.4. The third-order valence-electron chi connectivity index (χ3n) is 6.31. The van der Waals surface area contributed by atoms with Gasteiger partial charge in [0.05, 0.1) is 30.5 Å². The first-order valence-corrected chi connectivity index (χ1v) is 12.4. The summed E-state index contributed by atoms with van der Waals surface area (Å²) in [5.74, 6) is -3.62. The molecule has 0 radical (unpaired) electrons. The van der Waals surface area contributed by atoms with E-state index in [2.05, 4.69) is 20.1 Å². The van der Waals surface area contributed by atoms with Crippen LogP contribution in [0.3, 0.4) is 0 Å². The Morgan fingerprint density at radius 3 is 2.51 bits per heavy atom. The Kier molecular flexibility index (Phi) is 7.72. The summed E-state index contributed by atoms with van der Waals surface area (Å²) in [6.07, 6.45) is -1.69. The molecule has 41 heavy (non-hydrogen) atoms. The molecule has 2 aromatic heterocycles. The number of nitrogens with one attached hydrogen (secondary N) is 1. The third kappa shape index (κ3) is 6.21. The third-order valence-corrected chi connectivity index (χ3v) is 6.31. The van der Waals surface area contributed by atoms with Crippen LogP contribution in [0.5, 0.6) is 5.75 Å². The number of primary amides is 1. The molecule has 0 aliphatic carbocycles. The molecule has 2 aromatic carbocycles. The van der Waals surface area contributed by atoms with Gasteiger partial charge in [-0.2, -0.15) is 5.10 Å². The van der Waals surface area contributed by atoms with Crippen molar-refractivity contribution < 1.29 is 37.0 Å². The number of hydrogen-bond donors (Lipinski definition) is 2. The molecule has 3 N–H and O–H groups in total. The van der Waals surface area contributed by atoms with E-state index in [4.69, 9.17) is 15.2 Å². The lowest BCUT2D eigenvalue weighted by atomic mass is 9.97. The molecule has 1 aliphatic rings. The van der Waals surface area contributed by atoms with Gasteiger partial charge in [-0.25, -0.2) is 9.67 Å². The summed E-state index contributed by atoms with van der Waals surface area (Å²) in [7, 11) is 0. The Labute approximate surface area is 231 Å². The van der Waals surface area contributed by atoms with Crippen molar-refractivity contribution in [2.75, 3.05) is 13.2 Å². The van der Waals surface area contributed by atoms with Gasteiger partial charge in [-0.05, 0) is 42.3 Å². The number of hydrogen-bond acceptors (Lipinski definition) is 7. The number of pyridine rings is 1. The van der Waals surface area contributed by atoms with Crippen LogP contribution in [0.1, 0.15) is 15.9 Å². The summed E-state index contributed by atoms with van der Waals surface area (Å²) in [6.45, 7) is 0.237. The van der Waals surface area contributed by atoms with Gasteiger partial charge in [0.1, 0.15) is 5.75 Å². The van der Waals surface area contributed by atoms with E-state index in [0.717, 1.165) is 5.56 Å². The maximum absolute atomic E-state index is 13.6. The van der Waals surface area contributed by atoms with Crippen molar-refractivity contribution >= 4 is 11.8 Å². The minimum Gasteiger partial charge on any atom is -0.406 e. The van der Waals surface area contributed by atoms with Gasteiger partial charge in [0, 0.05) is 18.0 Å². The molecule has 212 valence electrons. The van der Waals surface area contributed by atoms with Crippen molar-refractivity contribution in [1.82, 2.24) is 20.1 Å². The van der Waals surface area contributed by atoms with Gasteiger partial charge in [-0.3, -0.25) is 9.59 Å². The van der Waals surface area contributed by atoms with Crippen LogP contribution in [0.2, 0.25) is 0 Å². The smallest absolute Gasteiger partial charge is 0.406 e. The molecule has 4 aromatic rings. The molecule has 1 aliphatic heterocycles. The fourth-order valence-corrected chi connectivity index (χ4v) is 4.51. The molecular formula is C28H24F3N5O5. The standard InChI is InChI=1S/C28H24F3N5O5/c29-28(30,31)41-20-9-4-8-19(17-20)22-11-13-36(35-22)24-21(10-5-12-33-24)25(37)34-23(16-18-6-2-1-3-7-18)27(26(32)38)39-14-15-40-27/h1-13,17,23H,14-16H2,(H2,32,38)(H,34,37). The Morgan fingerprint density at radius 2 is 1.80 bits per heavy atom. The van der Waals surface area contributed by atoms with Crippen LogP contribution in [-0.2, 0) is 20.7 Å². The lowest BCUT2D eigenvalue weighted by Crippen LogP contribution is -2.61. The van der Waals surface area contributed by atoms with Gasteiger partial charge in [0.15, 0.2) is 5.82 Å². The molecule has 5 rings (SSSR count). The average Bonchev–Trinajstić information content (AvgIpc) is 3.64. The van der Waals surface area contributed by atoms with Crippen LogP contribution in [-0.4, -0.2) is 58.0 Å². The number of nitrogens with two attached hydrogens (primary N) is 1. The summed E-state index contributed by atoms with van der Waals surface area (Å²) in [4.78, 5) is 30.5. The number of halogens is 3. The fourth-order valence-electron chi connectivity index (χ4n) is 4.51. The van der Waals surface area contributed by atoms with E-state index in [1.807, 2.05) is 30.3 Å². The fraction of sp³-hybridized carbons (Fsp3) is 0.214. The number of carbonyl (C=O) groups excluding carboxylic acids is 2. The maximum atomic E-state index is 13.6. The molecule has 1 saturated heterocycles. The van der Waals surface area contributed by atoms with Gasteiger partial charge >= 0.3 is 6.36 Å². The van der Waals surface area contributed by atoms with Crippen LogP contribution < -0.4 is 15.8 Å². The number of carbonyl (C=O) groups is 2. The Morgan fingerprint density at radius 1 is 1.05 bits per heavy atom. The highest BCUT2D eigenvalue weighted by Crippen LogP contribution is 2.29. The Hall–Kier alpha value is -4.75. The molecule has 1 unspecified atom stereocenters. The van der Waals surface area contributed by atoms with Crippen LogP contribution in [0.15, 0.2) is 85.2 Å². The van der Waals surface area contributed by atoms with Gasteiger partial charge < -0.3 is 25.3 Å². The zero-order valence-electron chi connectivity index (χ0n) is 21.4. The maximum Gasteiger partial charge on any atom is 0.573 e. The highest BCUT2D eigenvalue weighted by Gasteiger charge is 2.51. The molecule has 13 heteroatoms. The second-order valence-corrected chi connectivity index (χ2v) is 9.04. The molecule has 0 spiro atoms. The quantitative estimate of drug-likeness (QED) is 0.317. The van der Waals surface area contributed by atoms with Gasteiger partial charge in [0.25, 0.3) is 17.6 Å². The monoisotopic (exact) mass is 567 g/mol. The predicted octanol–water partition coefficient (Wildman–Crippen LogP) is 3.40. The van der Waals surface area contributed by atoms with Crippen molar-refractivity contribution in [2.45, 2.75) is 24.6 Å². The first kappa shape index (κ1) is 27.8. The van der Waals surface area contributed by atoms with Crippen molar-refractivity contribution in [3.05, 3.63) is 96.3 Å². The van der Waals surface area contributed by atoms with Gasteiger partial charge in [-0.15, -0.1) is 13.2 Å². The normalized spacial score (nSPS) is 15.3. The lowest BCUT2D eigenvalue weighted by molar-refractivity contribution is -0.274. The highest BCUT2D eigenvalue weighted by atomic mass is 19.4. The number of aromatic nitrogens is 3. The zero-order chi connectivity index (χ0) is 29.0. The van der Waals surface area contributed by atoms with Crippen LogP contribution in [0, 0.1) is 0 Å². The molecule has 1 fully saturated rings. The second-order valence-electron chi connectivity index (χ2n) is 9.04. The zero-order valence-corrected chi connectivity index (χ0v) is 21.4. The van der Waals surface area contributed by atoms with E-state index < -0.39 is 35.8 Å². The minimum atomic E-state index is -4.84. The minimum absolute atomic E-state index is 0.104. The number of ether oxygens (including phenoxy) is 3. The first-order valence-electron chi connectivity index (χ1n) is 12.4. The number of alkyl halides is 3. The summed E-state index contributed by atoms with van der Waals surface area (Å²) in [5, 5.41) is 7.24. The van der Waals surface area contributed by atoms with Crippen LogP contribution in [0.4, 0.5) is 13.2 Å². The summed E-state index contributed by atoms with van der Waals surface area (Å²) >= 11 is 0. The van der Waals surface area contributed by atoms with E-state index in [0.29, 0.717) is 11.3 Å². The van der Waals surface area contributed by atoms with E-state index in [1.165, 1.54) is 41.3 Å². The van der Waals surface area contributed by atoms with Crippen molar-refractivity contribution in [3.8, 4) is 22.8 Å². The van der Waals surface area contributed by atoms with Crippen molar-refractivity contribution in [2.24, 2.45) is 5.73 Å². The van der Waals surface area contributed by atoms with Gasteiger partial charge in [-0.1, -0.05) is 42.5 Å². The number of nitrogens with zero attached hydrogens (tertiary/aromatic N) is 3. The van der Waals surface area contributed by atoms with E-state index in [1.54, 1.807) is 18.2 Å². The van der Waals surface area contributed by atoms with Crippen LogP contribution in [0.25, 0.3) is 17.1 Å². The molecule has 0 saturated carbocycles. The Balaban J connectivity index is 1.44. The van der Waals surface area contributed by atoms with Crippen LogP contribution >= 0.6 is 0 Å². The average molecular weight is 568 g/mol. The molecule has 10 nitrogen and oxygen atoms in total. The van der Waals surface area contributed by atoms with E-state index in [9.17, 15) is 22.8 Å². The topological polar surface area (TPSA) is 131 Å². The van der Waals surface area contributed by atoms with Crippen molar-refractivity contribution in [1.29, 1.82) is 0 Å². The Bertz CT molecular complexity index is 1540. The van der Waals surface area contributed by atoms with E-state index >= 15 is 0 Å². The number of amides is 2. The summed E-state index contributed by atoms with van der Waals surface area (Å²) < 4.78 is 54.6. The lowest BCUT2D eigenvalue weighted by Gasteiger charge is -2.33. The van der Waals surface area contributed by atoms with Crippen molar-refractivity contribution in [3.63, 3.8) is 0 Å². The number of rotatable bonds is 9. The molecule has 1 atom stereocenters. The van der Waals surface area contributed by atoms with Gasteiger partial charge in [0.2, 0.25) is 0 Å². The number of benzene rings is 2.